The van der Waals surface area contributed by atoms with Crippen LogP contribution < -0.4 is 5.32 Å². The highest BCUT2D eigenvalue weighted by atomic mass is 16.5. The number of carbonyl (C=O) groups excluding carboxylic acids is 1. The summed E-state index contributed by atoms with van der Waals surface area (Å²) in [7, 11) is 4.00. The lowest BCUT2D eigenvalue weighted by Crippen LogP contribution is -2.43. The van der Waals surface area contributed by atoms with Crippen LogP contribution in [0.5, 0.6) is 0 Å². The van der Waals surface area contributed by atoms with Crippen LogP contribution in [0.25, 0.3) is 0 Å². The third-order valence-electron chi connectivity index (χ3n) is 3.81. The number of rotatable bonds is 6. The van der Waals surface area contributed by atoms with Crippen LogP contribution in [-0.2, 0) is 9.53 Å². The largest absolute Gasteiger partial charge is 0.465 e. The molecule has 112 valence electrons. The molecule has 1 rings (SSSR count). The normalized spacial score (nSPS) is 23.9. The summed E-state index contributed by atoms with van der Waals surface area (Å²) in [5.74, 6) is -0.135. The highest BCUT2D eigenvalue weighted by Crippen LogP contribution is 2.10. The quantitative estimate of drug-likeness (QED) is 0.715. The fourth-order valence-electron chi connectivity index (χ4n) is 2.67. The Morgan fingerprint density at radius 2 is 2.21 bits per heavy atom. The summed E-state index contributed by atoms with van der Waals surface area (Å²) in [5, 5.41) is 3.05. The van der Waals surface area contributed by atoms with Crippen LogP contribution in [0.15, 0.2) is 0 Å². The first-order chi connectivity index (χ1) is 9.08. The van der Waals surface area contributed by atoms with Crippen molar-refractivity contribution in [2.24, 2.45) is 0 Å². The summed E-state index contributed by atoms with van der Waals surface area (Å²) < 4.78 is 5.08. The topological polar surface area (TPSA) is 44.8 Å². The summed E-state index contributed by atoms with van der Waals surface area (Å²) in [4.78, 5) is 16.6. The second-order valence-electron chi connectivity index (χ2n) is 5.38. The van der Waals surface area contributed by atoms with Gasteiger partial charge in [-0.1, -0.05) is 0 Å². The summed E-state index contributed by atoms with van der Waals surface area (Å²) in [5.41, 5.74) is 0. The fourth-order valence-corrected chi connectivity index (χ4v) is 2.67. The molecule has 2 atom stereocenters. The van der Waals surface area contributed by atoms with Crippen molar-refractivity contribution < 1.29 is 9.53 Å². The molecule has 0 radical (unpaired) electrons. The molecular formula is C14H29N3O2. The van der Waals surface area contributed by atoms with Gasteiger partial charge in [-0.25, -0.2) is 0 Å². The summed E-state index contributed by atoms with van der Waals surface area (Å²) >= 11 is 0. The van der Waals surface area contributed by atoms with Crippen LogP contribution in [0.3, 0.4) is 0 Å². The molecule has 0 saturated carbocycles. The van der Waals surface area contributed by atoms with Crippen molar-refractivity contribution in [3.8, 4) is 0 Å². The number of nitrogens with zero attached hydrogens (tertiary/aromatic N) is 2. The van der Waals surface area contributed by atoms with E-state index in [-0.39, 0.29) is 12.0 Å². The molecule has 1 saturated heterocycles. The monoisotopic (exact) mass is 271 g/mol. The van der Waals surface area contributed by atoms with Gasteiger partial charge in [0.2, 0.25) is 0 Å². The molecule has 1 heterocycles. The van der Waals surface area contributed by atoms with E-state index in [1.165, 1.54) is 6.42 Å². The SMILES string of the molecule is CCOC(=O)C(CCN1CCCN(C)CC1C)NC. The Kier molecular flexibility index (Phi) is 7.34. The lowest BCUT2D eigenvalue weighted by atomic mass is 10.1. The van der Waals surface area contributed by atoms with Crippen LogP contribution in [0.1, 0.15) is 26.7 Å². The standard InChI is InChI=1S/C14H29N3O2/c1-5-19-14(18)13(15-3)7-10-17-9-6-8-16(4)11-12(17)2/h12-13,15H,5-11H2,1-4H3. The molecule has 0 bridgehead atoms. The Hall–Kier alpha value is -0.650. The molecule has 5 nitrogen and oxygen atoms in total. The number of esters is 1. The van der Waals surface area contributed by atoms with Gasteiger partial charge in [-0.2, -0.15) is 0 Å². The summed E-state index contributed by atoms with van der Waals surface area (Å²) in [6.45, 7) is 8.88. The molecule has 2 unspecified atom stereocenters. The zero-order chi connectivity index (χ0) is 14.3. The Balaban J connectivity index is 2.42. The average Bonchev–Trinajstić information content (AvgIpc) is 2.52. The van der Waals surface area contributed by atoms with Gasteiger partial charge in [0, 0.05) is 19.1 Å². The van der Waals surface area contributed by atoms with Crippen LogP contribution >= 0.6 is 0 Å². The zero-order valence-electron chi connectivity index (χ0n) is 12.8. The lowest BCUT2D eigenvalue weighted by Gasteiger charge is -2.29. The van der Waals surface area contributed by atoms with Gasteiger partial charge in [-0.05, 0) is 53.9 Å². The number of carbonyl (C=O) groups is 1. The van der Waals surface area contributed by atoms with Crippen molar-refractivity contribution in [3.63, 3.8) is 0 Å². The van der Waals surface area contributed by atoms with Crippen molar-refractivity contribution in [3.05, 3.63) is 0 Å². The van der Waals surface area contributed by atoms with E-state index in [2.05, 4.69) is 29.1 Å². The fraction of sp³-hybridized carbons (Fsp3) is 0.929. The maximum atomic E-state index is 11.7. The number of nitrogens with one attached hydrogen (secondary N) is 1. The predicted molar refractivity (Wildman–Crippen MR) is 77.2 cm³/mol. The first kappa shape index (κ1) is 16.4. The van der Waals surface area contributed by atoms with Gasteiger partial charge in [0.1, 0.15) is 6.04 Å². The van der Waals surface area contributed by atoms with Crippen LogP contribution in [0, 0.1) is 0 Å². The van der Waals surface area contributed by atoms with Gasteiger partial charge in [0.25, 0.3) is 0 Å². The first-order valence-corrected chi connectivity index (χ1v) is 7.35. The van der Waals surface area contributed by atoms with E-state index in [1.807, 2.05) is 14.0 Å². The molecule has 0 aliphatic carbocycles. The van der Waals surface area contributed by atoms with Gasteiger partial charge < -0.3 is 15.0 Å². The second kappa shape index (κ2) is 8.51. The van der Waals surface area contributed by atoms with Gasteiger partial charge in [-0.3, -0.25) is 9.69 Å². The van der Waals surface area contributed by atoms with E-state index >= 15 is 0 Å². The van der Waals surface area contributed by atoms with Crippen molar-refractivity contribution in [2.75, 3.05) is 46.9 Å². The Morgan fingerprint density at radius 3 is 2.84 bits per heavy atom. The van der Waals surface area contributed by atoms with Crippen LogP contribution in [-0.4, -0.2) is 74.7 Å². The first-order valence-electron chi connectivity index (χ1n) is 7.35. The minimum atomic E-state index is -0.187. The number of ether oxygens (including phenoxy) is 1. The smallest absolute Gasteiger partial charge is 0.323 e. The van der Waals surface area contributed by atoms with Gasteiger partial charge in [0.15, 0.2) is 0 Å². The van der Waals surface area contributed by atoms with E-state index in [9.17, 15) is 4.79 Å². The van der Waals surface area contributed by atoms with E-state index < -0.39 is 0 Å². The number of likely N-dealkylation sites (N-methyl/N-ethyl adjacent to an activating group) is 2. The van der Waals surface area contributed by atoms with Gasteiger partial charge in [0.05, 0.1) is 6.61 Å². The molecule has 0 aromatic carbocycles. The van der Waals surface area contributed by atoms with Crippen molar-refractivity contribution in [1.29, 1.82) is 0 Å². The summed E-state index contributed by atoms with van der Waals surface area (Å²) in [6.07, 6.45) is 2.01. The maximum Gasteiger partial charge on any atom is 0.323 e. The second-order valence-corrected chi connectivity index (χ2v) is 5.38. The Labute approximate surface area is 117 Å². The minimum absolute atomic E-state index is 0.135. The third-order valence-corrected chi connectivity index (χ3v) is 3.81. The predicted octanol–water partition coefficient (Wildman–Crippen LogP) is 0.554. The maximum absolute atomic E-state index is 11.7. The van der Waals surface area contributed by atoms with Crippen molar-refractivity contribution >= 4 is 5.97 Å². The number of hydrogen-bond acceptors (Lipinski definition) is 5. The molecule has 1 N–H and O–H groups in total. The van der Waals surface area contributed by atoms with Crippen LogP contribution in [0.4, 0.5) is 0 Å². The van der Waals surface area contributed by atoms with E-state index in [1.54, 1.807) is 0 Å². The van der Waals surface area contributed by atoms with E-state index in [0.717, 1.165) is 32.6 Å². The molecular weight excluding hydrogens is 242 g/mol. The minimum Gasteiger partial charge on any atom is -0.465 e. The molecule has 0 aromatic heterocycles. The van der Waals surface area contributed by atoms with Crippen LogP contribution in [0.2, 0.25) is 0 Å². The molecule has 0 spiro atoms. The highest BCUT2D eigenvalue weighted by molar-refractivity contribution is 5.75. The van der Waals surface area contributed by atoms with Crippen molar-refractivity contribution in [2.45, 2.75) is 38.8 Å². The molecule has 19 heavy (non-hydrogen) atoms. The molecule has 5 heteroatoms. The molecule has 0 aromatic rings. The zero-order valence-corrected chi connectivity index (χ0v) is 12.8. The van der Waals surface area contributed by atoms with Crippen molar-refractivity contribution in [1.82, 2.24) is 15.1 Å². The molecule has 0 amide bonds. The summed E-state index contributed by atoms with van der Waals surface area (Å²) in [6, 6.07) is 0.361. The highest BCUT2D eigenvalue weighted by Gasteiger charge is 2.23. The Bertz CT molecular complexity index is 273. The third kappa shape index (κ3) is 5.47. The Morgan fingerprint density at radius 1 is 1.47 bits per heavy atom. The number of hydrogen-bond donors (Lipinski definition) is 1. The van der Waals surface area contributed by atoms with E-state index in [0.29, 0.717) is 12.6 Å². The van der Waals surface area contributed by atoms with E-state index in [4.69, 9.17) is 4.74 Å². The molecule has 1 fully saturated rings. The average molecular weight is 271 g/mol. The lowest BCUT2D eigenvalue weighted by molar-refractivity contribution is -0.145. The molecule has 1 aliphatic heterocycles. The molecule has 1 aliphatic rings. The van der Waals surface area contributed by atoms with Gasteiger partial charge >= 0.3 is 5.97 Å². The van der Waals surface area contributed by atoms with Gasteiger partial charge in [-0.15, -0.1) is 0 Å².